The Morgan fingerprint density at radius 1 is 1.04 bits per heavy atom. The van der Waals surface area contributed by atoms with Crippen molar-refractivity contribution in [2.45, 2.75) is 39.7 Å². The van der Waals surface area contributed by atoms with Crippen LogP contribution >= 0.6 is 0 Å². The second-order valence-corrected chi connectivity index (χ2v) is 6.97. The molecule has 0 bridgehead atoms. The lowest BCUT2D eigenvalue weighted by Gasteiger charge is -2.33. The first-order valence-electron chi connectivity index (χ1n) is 8.53. The van der Waals surface area contributed by atoms with Crippen LogP contribution in [0.5, 0.6) is 0 Å². The van der Waals surface area contributed by atoms with Gasteiger partial charge in [-0.3, -0.25) is 14.5 Å². The normalized spacial score (nSPS) is 19.9. The van der Waals surface area contributed by atoms with Crippen LogP contribution in [0.3, 0.4) is 0 Å². The lowest BCUT2D eigenvalue weighted by molar-refractivity contribution is -0.139. The van der Waals surface area contributed by atoms with E-state index in [0.717, 1.165) is 25.9 Å². The number of carbonyl (C=O) groups is 2. The molecule has 0 aliphatic carbocycles. The van der Waals surface area contributed by atoms with Gasteiger partial charge in [0.1, 0.15) is 11.5 Å². The number of benzene rings is 1. The molecule has 5 heteroatoms. The third-order valence-electron chi connectivity index (χ3n) is 4.84. The average molecular weight is 330 g/mol. The number of imide groups is 1. The van der Waals surface area contributed by atoms with Crippen LogP contribution in [0.1, 0.15) is 39.2 Å². The van der Waals surface area contributed by atoms with Crippen LogP contribution in [0.15, 0.2) is 30.0 Å². The number of carbonyl (C=O) groups excluding carboxylic acids is 2. The lowest BCUT2D eigenvalue weighted by Crippen LogP contribution is -2.41. The van der Waals surface area contributed by atoms with E-state index in [4.69, 9.17) is 0 Å². The van der Waals surface area contributed by atoms with Crippen LogP contribution in [0, 0.1) is 11.7 Å². The number of hydrogen-bond donors (Lipinski definition) is 0. The molecule has 0 N–H and O–H groups in total. The van der Waals surface area contributed by atoms with Gasteiger partial charge in [-0.15, -0.1) is 0 Å². The molecule has 0 unspecified atom stereocenters. The van der Waals surface area contributed by atoms with Gasteiger partial charge in [-0.2, -0.15) is 0 Å². The first-order valence-corrected chi connectivity index (χ1v) is 8.53. The van der Waals surface area contributed by atoms with Crippen molar-refractivity contribution in [3.8, 4) is 0 Å². The SMILES string of the molecule is CC1CCN(C2=C(c3ccc(F)cc3)C(=O)N(C(C)C)C2=O)CC1. The van der Waals surface area contributed by atoms with Crippen LogP contribution in [-0.2, 0) is 9.59 Å². The van der Waals surface area contributed by atoms with Crippen molar-refractivity contribution in [2.75, 3.05) is 13.1 Å². The van der Waals surface area contributed by atoms with E-state index in [0.29, 0.717) is 22.8 Å². The maximum atomic E-state index is 13.3. The molecule has 128 valence electrons. The summed E-state index contributed by atoms with van der Waals surface area (Å²) in [5, 5.41) is 0. The molecule has 0 atom stereocenters. The van der Waals surface area contributed by atoms with Gasteiger partial charge in [-0.05, 0) is 50.3 Å². The Hall–Kier alpha value is -2.17. The summed E-state index contributed by atoms with van der Waals surface area (Å²) in [6.45, 7) is 7.41. The van der Waals surface area contributed by atoms with E-state index in [1.165, 1.54) is 17.0 Å². The molecule has 1 fully saturated rings. The van der Waals surface area contributed by atoms with Gasteiger partial charge in [0.25, 0.3) is 11.8 Å². The topological polar surface area (TPSA) is 40.6 Å². The Labute approximate surface area is 141 Å². The van der Waals surface area contributed by atoms with Crippen molar-refractivity contribution >= 4 is 17.4 Å². The number of nitrogens with zero attached hydrogens (tertiary/aromatic N) is 2. The summed E-state index contributed by atoms with van der Waals surface area (Å²) < 4.78 is 13.3. The minimum atomic E-state index is -0.356. The van der Waals surface area contributed by atoms with Crippen LogP contribution in [-0.4, -0.2) is 40.7 Å². The van der Waals surface area contributed by atoms with Crippen molar-refractivity contribution < 1.29 is 14.0 Å². The van der Waals surface area contributed by atoms with Gasteiger partial charge >= 0.3 is 0 Å². The zero-order valence-electron chi connectivity index (χ0n) is 14.4. The highest BCUT2D eigenvalue weighted by Gasteiger charge is 2.43. The van der Waals surface area contributed by atoms with Gasteiger partial charge in [0.2, 0.25) is 0 Å². The van der Waals surface area contributed by atoms with E-state index in [-0.39, 0.29) is 23.7 Å². The first kappa shape index (κ1) is 16.7. The number of halogens is 1. The monoisotopic (exact) mass is 330 g/mol. The molecule has 0 saturated carbocycles. The Kier molecular flexibility index (Phi) is 4.43. The van der Waals surface area contributed by atoms with Crippen molar-refractivity contribution in [3.63, 3.8) is 0 Å². The average Bonchev–Trinajstić information content (AvgIpc) is 2.80. The van der Waals surface area contributed by atoms with Crippen molar-refractivity contribution in [2.24, 2.45) is 5.92 Å². The molecule has 0 spiro atoms. The summed E-state index contributed by atoms with van der Waals surface area (Å²) in [6, 6.07) is 5.60. The number of amides is 2. The number of likely N-dealkylation sites (tertiary alicyclic amines) is 1. The molecule has 0 aromatic heterocycles. The van der Waals surface area contributed by atoms with E-state index in [1.54, 1.807) is 12.1 Å². The summed E-state index contributed by atoms with van der Waals surface area (Å²) >= 11 is 0. The van der Waals surface area contributed by atoms with Crippen LogP contribution < -0.4 is 0 Å². The molecule has 0 radical (unpaired) electrons. The molecule has 2 aliphatic rings. The third-order valence-corrected chi connectivity index (χ3v) is 4.84. The minimum absolute atomic E-state index is 0.207. The Bertz CT molecular complexity index is 686. The fraction of sp³-hybridized carbons (Fsp3) is 0.474. The van der Waals surface area contributed by atoms with Gasteiger partial charge in [-0.25, -0.2) is 4.39 Å². The maximum Gasteiger partial charge on any atom is 0.278 e. The fourth-order valence-corrected chi connectivity index (χ4v) is 3.41. The summed E-state index contributed by atoms with van der Waals surface area (Å²) in [4.78, 5) is 29.1. The quantitative estimate of drug-likeness (QED) is 0.800. The highest BCUT2D eigenvalue weighted by molar-refractivity contribution is 6.35. The largest absolute Gasteiger partial charge is 0.366 e. The highest BCUT2D eigenvalue weighted by atomic mass is 19.1. The first-order chi connectivity index (χ1) is 11.4. The summed E-state index contributed by atoms with van der Waals surface area (Å²) in [6.07, 6.45) is 2.01. The standard InChI is InChI=1S/C19H23FN2O2/c1-12(2)22-18(23)16(14-4-6-15(20)7-5-14)17(19(22)24)21-10-8-13(3)9-11-21/h4-7,12-13H,8-11H2,1-3H3. The lowest BCUT2D eigenvalue weighted by atomic mass is 9.97. The van der Waals surface area contributed by atoms with Gasteiger partial charge in [0.15, 0.2) is 0 Å². The zero-order chi connectivity index (χ0) is 17.4. The van der Waals surface area contributed by atoms with E-state index in [2.05, 4.69) is 6.92 Å². The van der Waals surface area contributed by atoms with Gasteiger partial charge in [0, 0.05) is 19.1 Å². The second kappa shape index (κ2) is 6.38. The molecule has 3 rings (SSSR count). The Morgan fingerprint density at radius 3 is 2.17 bits per heavy atom. The van der Waals surface area contributed by atoms with E-state index < -0.39 is 0 Å². The van der Waals surface area contributed by atoms with E-state index in [1.807, 2.05) is 18.7 Å². The summed E-state index contributed by atoms with van der Waals surface area (Å²) in [7, 11) is 0. The van der Waals surface area contributed by atoms with Crippen LogP contribution in [0.2, 0.25) is 0 Å². The minimum Gasteiger partial charge on any atom is -0.366 e. The Balaban J connectivity index is 2.07. The molecule has 1 aromatic carbocycles. The van der Waals surface area contributed by atoms with Gasteiger partial charge in [0.05, 0.1) is 5.57 Å². The number of piperidine rings is 1. The molecule has 24 heavy (non-hydrogen) atoms. The third kappa shape index (κ3) is 2.83. The highest BCUT2D eigenvalue weighted by Crippen LogP contribution is 2.34. The fourth-order valence-electron chi connectivity index (χ4n) is 3.41. The molecule has 1 aromatic rings. The van der Waals surface area contributed by atoms with Crippen LogP contribution in [0.4, 0.5) is 4.39 Å². The summed E-state index contributed by atoms with van der Waals surface area (Å²) in [5.74, 6) is -0.242. The Morgan fingerprint density at radius 2 is 1.62 bits per heavy atom. The van der Waals surface area contributed by atoms with Crippen molar-refractivity contribution in [1.82, 2.24) is 9.80 Å². The predicted molar refractivity (Wildman–Crippen MR) is 90.3 cm³/mol. The molecule has 2 amide bonds. The van der Waals surface area contributed by atoms with Gasteiger partial charge in [-0.1, -0.05) is 19.1 Å². The van der Waals surface area contributed by atoms with E-state index >= 15 is 0 Å². The molecule has 1 saturated heterocycles. The molecular formula is C19H23FN2O2. The van der Waals surface area contributed by atoms with Crippen molar-refractivity contribution in [3.05, 3.63) is 41.3 Å². The summed E-state index contributed by atoms with van der Waals surface area (Å²) in [5.41, 5.74) is 1.49. The number of hydrogen-bond acceptors (Lipinski definition) is 3. The van der Waals surface area contributed by atoms with Crippen LogP contribution in [0.25, 0.3) is 5.57 Å². The predicted octanol–water partition coefficient (Wildman–Crippen LogP) is 3.05. The molecular weight excluding hydrogens is 307 g/mol. The van der Waals surface area contributed by atoms with Gasteiger partial charge < -0.3 is 4.90 Å². The van der Waals surface area contributed by atoms with Crippen molar-refractivity contribution in [1.29, 1.82) is 0 Å². The molecule has 2 heterocycles. The smallest absolute Gasteiger partial charge is 0.278 e. The molecule has 2 aliphatic heterocycles. The maximum absolute atomic E-state index is 13.3. The zero-order valence-corrected chi connectivity index (χ0v) is 14.4. The number of rotatable bonds is 3. The van der Waals surface area contributed by atoms with E-state index in [9.17, 15) is 14.0 Å². The molecule has 4 nitrogen and oxygen atoms in total. The second-order valence-electron chi connectivity index (χ2n) is 6.97.